The first kappa shape index (κ1) is 13.4. The van der Waals surface area contributed by atoms with E-state index in [2.05, 4.69) is 4.98 Å². The van der Waals surface area contributed by atoms with E-state index in [-0.39, 0.29) is 17.9 Å². The second-order valence-electron chi connectivity index (χ2n) is 5.79. The molecular weight excluding hydrogens is 304 g/mol. The Morgan fingerprint density at radius 3 is 3.00 bits per heavy atom. The molecule has 4 rings (SSSR count). The molecule has 1 amide bonds. The maximum atomic E-state index is 12.6. The summed E-state index contributed by atoms with van der Waals surface area (Å²) in [6.07, 6.45) is 1.69. The van der Waals surface area contributed by atoms with Crippen LogP contribution in [0.15, 0.2) is 22.9 Å². The third kappa shape index (κ3) is 2.31. The fourth-order valence-electron chi connectivity index (χ4n) is 3.45. The summed E-state index contributed by atoms with van der Waals surface area (Å²) in [5.74, 6) is 0.749. The molecule has 2 fully saturated rings. The molecular formula is C15H16N2O2S2. The summed E-state index contributed by atoms with van der Waals surface area (Å²) in [6.45, 7) is 1.45. The Morgan fingerprint density at radius 2 is 2.24 bits per heavy atom. The SMILES string of the molecule is O=C(c1csc(-c2cccs2)n1)N1CC2CCC(O)C2C1. The zero-order chi connectivity index (χ0) is 14.4. The number of fused-ring (bicyclic) bond motifs is 1. The molecule has 1 N–H and O–H groups in total. The summed E-state index contributed by atoms with van der Waals surface area (Å²) >= 11 is 3.16. The van der Waals surface area contributed by atoms with Crippen molar-refractivity contribution in [3.05, 3.63) is 28.6 Å². The molecule has 110 valence electrons. The Labute approximate surface area is 131 Å². The van der Waals surface area contributed by atoms with Crippen LogP contribution in [-0.4, -0.2) is 40.1 Å². The zero-order valence-electron chi connectivity index (χ0n) is 11.4. The summed E-state index contributed by atoms with van der Waals surface area (Å²) in [5.41, 5.74) is 0.540. The minimum absolute atomic E-state index is 0.00987. The molecule has 0 spiro atoms. The molecule has 0 radical (unpaired) electrons. The quantitative estimate of drug-likeness (QED) is 0.925. The van der Waals surface area contributed by atoms with E-state index in [4.69, 9.17) is 0 Å². The first-order valence-corrected chi connectivity index (χ1v) is 8.95. The van der Waals surface area contributed by atoms with Crippen molar-refractivity contribution in [3.63, 3.8) is 0 Å². The third-order valence-electron chi connectivity index (χ3n) is 4.56. The molecule has 3 atom stereocenters. The molecule has 1 aliphatic carbocycles. The van der Waals surface area contributed by atoms with Gasteiger partial charge in [0.25, 0.3) is 5.91 Å². The third-order valence-corrected chi connectivity index (χ3v) is 6.44. The van der Waals surface area contributed by atoms with E-state index in [1.165, 1.54) is 11.3 Å². The van der Waals surface area contributed by atoms with Gasteiger partial charge in [-0.3, -0.25) is 4.79 Å². The van der Waals surface area contributed by atoms with Crippen LogP contribution in [0.1, 0.15) is 23.3 Å². The van der Waals surface area contributed by atoms with Crippen LogP contribution in [0.5, 0.6) is 0 Å². The minimum atomic E-state index is -0.232. The molecule has 4 nitrogen and oxygen atoms in total. The van der Waals surface area contributed by atoms with Crippen molar-refractivity contribution in [1.29, 1.82) is 0 Å². The lowest BCUT2D eigenvalue weighted by atomic mass is 10.00. The molecule has 1 aliphatic heterocycles. The van der Waals surface area contributed by atoms with Gasteiger partial charge in [0.05, 0.1) is 11.0 Å². The number of aromatic nitrogens is 1. The van der Waals surface area contributed by atoms with Crippen molar-refractivity contribution in [2.75, 3.05) is 13.1 Å². The van der Waals surface area contributed by atoms with Crippen molar-refractivity contribution in [2.45, 2.75) is 18.9 Å². The van der Waals surface area contributed by atoms with Crippen LogP contribution in [-0.2, 0) is 0 Å². The van der Waals surface area contributed by atoms with Crippen LogP contribution in [0.3, 0.4) is 0 Å². The lowest BCUT2D eigenvalue weighted by molar-refractivity contribution is 0.0747. The smallest absolute Gasteiger partial charge is 0.273 e. The number of aliphatic hydroxyl groups excluding tert-OH is 1. The number of amides is 1. The average molecular weight is 320 g/mol. The number of thiazole rings is 1. The second kappa shape index (κ2) is 5.19. The summed E-state index contributed by atoms with van der Waals surface area (Å²) in [6, 6.07) is 4.01. The summed E-state index contributed by atoms with van der Waals surface area (Å²) < 4.78 is 0. The molecule has 2 aliphatic rings. The van der Waals surface area contributed by atoms with E-state index in [1.807, 2.05) is 27.8 Å². The first-order valence-electron chi connectivity index (χ1n) is 7.19. The fourth-order valence-corrected chi connectivity index (χ4v) is 5.06. The number of hydrogen-bond donors (Lipinski definition) is 1. The highest BCUT2D eigenvalue weighted by molar-refractivity contribution is 7.20. The van der Waals surface area contributed by atoms with Gasteiger partial charge in [-0.05, 0) is 30.2 Å². The number of carbonyl (C=O) groups excluding carboxylic acids is 1. The molecule has 2 aromatic rings. The number of nitrogens with zero attached hydrogens (tertiary/aromatic N) is 2. The minimum Gasteiger partial charge on any atom is -0.393 e. The lowest BCUT2D eigenvalue weighted by Gasteiger charge is -2.17. The van der Waals surface area contributed by atoms with Crippen molar-refractivity contribution < 1.29 is 9.90 Å². The monoisotopic (exact) mass is 320 g/mol. The number of thiophene rings is 1. The van der Waals surface area contributed by atoms with Crippen molar-refractivity contribution in [2.24, 2.45) is 11.8 Å². The van der Waals surface area contributed by atoms with Gasteiger partial charge in [-0.2, -0.15) is 0 Å². The van der Waals surface area contributed by atoms with Gasteiger partial charge in [0.15, 0.2) is 0 Å². The van der Waals surface area contributed by atoms with Crippen LogP contribution >= 0.6 is 22.7 Å². The molecule has 1 saturated carbocycles. The van der Waals surface area contributed by atoms with Crippen LogP contribution in [0.25, 0.3) is 9.88 Å². The number of rotatable bonds is 2. The zero-order valence-corrected chi connectivity index (χ0v) is 13.1. The van der Waals surface area contributed by atoms with Crippen molar-refractivity contribution in [3.8, 4) is 9.88 Å². The Bertz CT molecular complexity index is 652. The maximum absolute atomic E-state index is 12.6. The van der Waals surface area contributed by atoms with Gasteiger partial charge in [0, 0.05) is 24.4 Å². The maximum Gasteiger partial charge on any atom is 0.273 e. The predicted molar refractivity (Wildman–Crippen MR) is 83.6 cm³/mol. The molecule has 0 aromatic carbocycles. The fraction of sp³-hybridized carbons (Fsp3) is 0.467. The number of carbonyl (C=O) groups is 1. The molecule has 21 heavy (non-hydrogen) atoms. The van der Waals surface area contributed by atoms with Gasteiger partial charge in [0.2, 0.25) is 0 Å². The summed E-state index contributed by atoms with van der Waals surface area (Å²) in [5, 5.41) is 14.7. The van der Waals surface area contributed by atoms with Gasteiger partial charge in [-0.25, -0.2) is 4.98 Å². The Morgan fingerprint density at radius 1 is 1.33 bits per heavy atom. The number of hydrogen-bond acceptors (Lipinski definition) is 5. The number of likely N-dealkylation sites (tertiary alicyclic amines) is 1. The molecule has 2 aromatic heterocycles. The molecule has 0 bridgehead atoms. The van der Waals surface area contributed by atoms with E-state index >= 15 is 0 Å². The average Bonchev–Trinajstić information content (AvgIpc) is 3.25. The van der Waals surface area contributed by atoms with Crippen LogP contribution in [0.2, 0.25) is 0 Å². The standard InChI is InChI=1S/C15H16N2O2S2/c18-12-4-3-9-6-17(7-10(9)12)15(19)11-8-21-14(16-11)13-2-1-5-20-13/h1-2,5,8-10,12,18H,3-4,6-7H2. The molecule has 1 saturated heterocycles. The first-order chi connectivity index (χ1) is 10.2. The Balaban J connectivity index is 1.51. The highest BCUT2D eigenvalue weighted by Crippen LogP contribution is 2.38. The normalized spacial score (nSPS) is 28.0. The van der Waals surface area contributed by atoms with Gasteiger partial charge >= 0.3 is 0 Å². The van der Waals surface area contributed by atoms with Crippen molar-refractivity contribution >= 4 is 28.6 Å². The predicted octanol–water partition coefficient (Wildman–Crippen LogP) is 2.71. The van der Waals surface area contributed by atoms with E-state index < -0.39 is 0 Å². The second-order valence-corrected chi connectivity index (χ2v) is 7.60. The van der Waals surface area contributed by atoms with Gasteiger partial charge in [-0.15, -0.1) is 22.7 Å². The summed E-state index contributed by atoms with van der Waals surface area (Å²) in [4.78, 5) is 20.0. The van der Waals surface area contributed by atoms with E-state index in [9.17, 15) is 9.90 Å². The van der Waals surface area contributed by atoms with Crippen LogP contribution in [0, 0.1) is 11.8 Å². The highest BCUT2D eigenvalue weighted by atomic mass is 32.1. The lowest BCUT2D eigenvalue weighted by Crippen LogP contribution is -2.31. The summed E-state index contributed by atoms with van der Waals surface area (Å²) in [7, 11) is 0. The number of aliphatic hydroxyl groups is 1. The highest BCUT2D eigenvalue weighted by Gasteiger charge is 2.43. The van der Waals surface area contributed by atoms with Gasteiger partial charge in [0.1, 0.15) is 10.7 Å². The topological polar surface area (TPSA) is 53.4 Å². The van der Waals surface area contributed by atoms with E-state index in [1.54, 1.807) is 11.3 Å². The molecule has 3 unspecified atom stereocenters. The van der Waals surface area contributed by atoms with Gasteiger partial charge in [-0.1, -0.05) is 6.07 Å². The van der Waals surface area contributed by atoms with Crippen LogP contribution < -0.4 is 0 Å². The largest absolute Gasteiger partial charge is 0.393 e. The molecule has 6 heteroatoms. The Hall–Kier alpha value is -1.24. The molecule has 3 heterocycles. The van der Waals surface area contributed by atoms with E-state index in [0.717, 1.165) is 29.3 Å². The van der Waals surface area contributed by atoms with Crippen LogP contribution in [0.4, 0.5) is 0 Å². The Kier molecular flexibility index (Phi) is 3.32. The van der Waals surface area contributed by atoms with Crippen molar-refractivity contribution in [1.82, 2.24) is 9.88 Å². The van der Waals surface area contributed by atoms with E-state index in [0.29, 0.717) is 18.2 Å². The van der Waals surface area contributed by atoms with Gasteiger partial charge < -0.3 is 10.0 Å².